The molecule has 1 fully saturated rings. The van der Waals surface area contributed by atoms with E-state index in [1.54, 1.807) is 11.3 Å². The van der Waals surface area contributed by atoms with Crippen molar-refractivity contribution in [1.29, 1.82) is 0 Å². The maximum atomic E-state index is 12.1. The minimum absolute atomic E-state index is 0.0375. The van der Waals surface area contributed by atoms with Crippen LogP contribution >= 0.6 is 11.3 Å². The summed E-state index contributed by atoms with van der Waals surface area (Å²) < 4.78 is 7.12. The third-order valence-electron chi connectivity index (χ3n) is 9.85. The van der Waals surface area contributed by atoms with Gasteiger partial charge in [0.05, 0.1) is 23.2 Å². The molecular weight excluding hydrogens is 570 g/mol. The number of hydrogen-bond acceptors (Lipinski definition) is 8. The molecule has 9 heteroatoms. The Morgan fingerprint density at radius 3 is 2.70 bits per heavy atom. The molecule has 8 bridgehead atoms. The van der Waals surface area contributed by atoms with Crippen LogP contribution in [0.5, 0.6) is 5.75 Å². The van der Waals surface area contributed by atoms with Crippen LogP contribution in [0, 0.1) is 6.92 Å². The van der Waals surface area contributed by atoms with E-state index in [0.717, 1.165) is 107 Å². The van der Waals surface area contributed by atoms with Gasteiger partial charge in [-0.2, -0.15) is 0 Å². The number of ether oxygens (including phenoxy) is 1. The van der Waals surface area contributed by atoms with Crippen LogP contribution in [0.2, 0.25) is 0 Å². The van der Waals surface area contributed by atoms with Gasteiger partial charge < -0.3 is 19.6 Å². The molecule has 1 atom stereocenters. The summed E-state index contributed by atoms with van der Waals surface area (Å²) in [4.78, 5) is 31.7. The van der Waals surface area contributed by atoms with Crippen molar-refractivity contribution in [2.24, 2.45) is 0 Å². The lowest BCUT2D eigenvalue weighted by Gasteiger charge is -2.36. The first kappa shape index (κ1) is 29.2. The molecule has 2 aromatic heterocycles. The van der Waals surface area contributed by atoms with E-state index in [-0.39, 0.29) is 6.42 Å². The molecule has 1 saturated heterocycles. The fraction of sp³-hybridized carbons (Fsp3) is 0.486. The first-order chi connectivity index (χ1) is 21.4. The van der Waals surface area contributed by atoms with Crippen LogP contribution in [-0.4, -0.2) is 70.3 Å². The van der Waals surface area contributed by atoms with E-state index in [2.05, 4.69) is 40.0 Å². The van der Waals surface area contributed by atoms with Crippen LogP contribution in [-0.2, 0) is 11.2 Å². The molecule has 0 radical (unpaired) electrons. The number of carbonyl (C=O) groups is 1. The number of aryl methyl sites for hydroxylation is 1. The number of hydrogen-bond donors (Lipinski definition) is 1. The van der Waals surface area contributed by atoms with Gasteiger partial charge in [-0.25, -0.2) is 15.0 Å². The summed E-state index contributed by atoms with van der Waals surface area (Å²) in [7, 11) is 2.29. The maximum Gasteiger partial charge on any atom is 0.307 e. The largest absolute Gasteiger partial charge is 0.493 e. The number of aromatic nitrogens is 3. The fourth-order valence-corrected chi connectivity index (χ4v) is 8.47. The van der Waals surface area contributed by atoms with E-state index >= 15 is 0 Å². The summed E-state index contributed by atoms with van der Waals surface area (Å²) in [5.74, 6) is 1.34. The normalized spacial score (nSPS) is 21.1. The average Bonchev–Trinajstić information content (AvgIpc) is 3.46. The Hall–Kier alpha value is -3.56. The highest BCUT2D eigenvalue weighted by Crippen LogP contribution is 2.44. The van der Waals surface area contributed by atoms with E-state index in [4.69, 9.17) is 14.7 Å². The smallest absolute Gasteiger partial charge is 0.307 e. The number of nitrogens with zero attached hydrogens (tertiary/aromatic N) is 5. The van der Waals surface area contributed by atoms with Crippen molar-refractivity contribution >= 4 is 33.5 Å². The van der Waals surface area contributed by atoms with Gasteiger partial charge in [-0.05, 0) is 105 Å². The Kier molecular flexibility index (Phi) is 8.25. The quantitative estimate of drug-likeness (QED) is 0.257. The third kappa shape index (κ3) is 5.79. The maximum absolute atomic E-state index is 12.1. The number of thiazole rings is 1. The summed E-state index contributed by atoms with van der Waals surface area (Å²) >= 11 is 1.59. The molecule has 1 unspecified atom stereocenters. The average molecular weight is 612 g/mol. The zero-order valence-electron chi connectivity index (χ0n) is 25.7. The van der Waals surface area contributed by atoms with E-state index < -0.39 is 5.97 Å². The van der Waals surface area contributed by atoms with Crippen molar-refractivity contribution in [3.63, 3.8) is 0 Å². The van der Waals surface area contributed by atoms with Crippen LogP contribution in [0.25, 0.3) is 32.0 Å². The number of benzene rings is 2. The SMILES string of the molecule is Cc1cc2nc3sc2c(c1CC(=O)O)-c1ccc2c(c1)C(CCCCCCN(C)C1CCN(CC1)c1nccc-3n1)CCO2. The molecule has 1 N–H and O–H groups in total. The molecular formula is C35H41N5O3S. The molecule has 0 amide bonds. The summed E-state index contributed by atoms with van der Waals surface area (Å²) in [5, 5.41) is 10.8. The Labute approximate surface area is 263 Å². The number of aliphatic carboxylic acids is 1. The molecule has 2 aromatic carbocycles. The highest BCUT2D eigenvalue weighted by molar-refractivity contribution is 7.22. The van der Waals surface area contributed by atoms with Crippen molar-refractivity contribution < 1.29 is 14.6 Å². The van der Waals surface area contributed by atoms with Gasteiger partial charge in [-0.1, -0.05) is 25.3 Å². The number of rotatable bonds is 2. The van der Waals surface area contributed by atoms with Gasteiger partial charge in [-0.3, -0.25) is 4.79 Å². The second kappa shape index (κ2) is 12.4. The molecule has 0 saturated carbocycles. The van der Waals surface area contributed by atoms with Crippen molar-refractivity contribution in [2.45, 2.75) is 76.7 Å². The van der Waals surface area contributed by atoms with Crippen LogP contribution in [0.3, 0.4) is 0 Å². The van der Waals surface area contributed by atoms with Crippen molar-refractivity contribution in [3.05, 3.63) is 53.2 Å². The van der Waals surface area contributed by atoms with Crippen LogP contribution in [0.4, 0.5) is 5.95 Å². The van der Waals surface area contributed by atoms with E-state index in [1.807, 2.05) is 25.3 Å². The number of carboxylic acid groups (broad SMARTS) is 1. The molecule has 8 nitrogen and oxygen atoms in total. The highest BCUT2D eigenvalue weighted by atomic mass is 32.1. The molecule has 230 valence electrons. The van der Waals surface area contributed by atoms with Gasteiger partial charge in [0.1, 0.15) is 16.5 Å². The standard InChI is InChI=1S/C35H41N5O3S/c1-22-19-29-33-32(26(22)21-31(41)42)24-8-9-30-27(20-24)23(13-18-43-30)7-5-3-4-6-15-39(2)25-11-16-40(17-12-25)35-36-14-10-28(38-35)34(37-29)44-33/h8-10,14,19-20,23,25H,3-7,11-13,15-18,21H2,1-2H3,(H,41,42). The van der Waals surface area contributed by atoms with Crippen LogP contribution < -0.4 is 9.64 Å². The summed E-state index contributed by atoms with van der Waals surface area (Å²) in [5.41, 5.74) is 6.73. The highest BCUT2D eigenvalue weighted by Gasteiger charge is 2.27. The fourth-order valence-electron chi connectivity index (χ4n) is 7.36. The molecule has 6 heterocycles. The van der Waals surface area contributed by atoms with E-state index in [1.165, 1.54) is 31.2 Å². The van der Waals surface area contributed by atoms with Gasteiger partial charge >= 0.3 is 5.97 Å². The second-order valence-corrected chi connectivity index (χ2v) is 13.7. The van der Waals surface area contributed by atoms with E-state index in [9.17, 15) is 9.90 Å². The van der Waals surface area contributed by atoms with Crippen molar-refractivity contribution in [3.8, 4) is 27.6 Å². The molecule has 0 spiro atoms. The van der Waals surface area contributed by atoms with Gasteiger partial charge in [0.25, 0.3) is 0 Å². The van der Waals surface area contributed by atoms with Crippen LogP contribution in [0.15, 0.2) is 36.5 Å². The number of anilines is 1. The predicted octanol–water partition coefficient (Wildman–Crippen LogP) is 7.09. The Morgan fingerprint density at radius 2 is 1.86 bits per heavy atom. The number of fused-ring (bicyclic) bond motifs is 8. The summed E-state index contributed by atoms with van der Waals surface area (Å²) in [6.45, 7) is 5.79. The monoisotopic (exact) mass is 611 g/mol. The number of carboxylic acids is 1. The van der Waals surface area contributed by atoms with Crippen LogP contribution in [0.1, 0.15) is 74.0 Å². The molecule has 0 aliphatic carbocycles. The Morgan fingerprint density at radius 1 is 1.02 bits per heavy atom. The second-order valence-electron chi connectivity index (χ2n) is 12.7. The number of piperidine rings is 1. The minimum Gasteiger partial charge on any atom is -0.493 e. The zero-order chi connectivity index (χ0) is 30.2. The first-order valence-corrected chi connectivity index (χ1v) is 17.0. The van der Waals surface area contributed by atoms with Crippen molar-refractivity contribution in [2.75, 3.05) is 38.2 Å². The topological polar surface area (TPSA) is 91.7 Å². The summed E-state index contributed by atoms with van der Waals surface area (Å²) in [6, 6.07) is 11.0. The van der Waals surface area contributed by atoms with E-state index in [0.29, 0.717) is 12.0 Å². The molecule has 4 aromatic rings. The molecule has 4 aliphatic rings. The lowest BCUT2D eigenvalue weighted by Crippen LogP contribution is -2.44. The third-order valence-corrected chi connectivity index (χ3v) is 11.0. The summed E-state index contributed by atoms with van der Waals surface area (Å²) in [6.07, 6.45) is 11.2. The van der Waals surface area contributed by atoms with Gasteiger partial charge in [0, 0.05) is 30.9 Å². The first-order valence-electron chi connectivity index (χ1n) is 16.1. The Bertz CT molecular complexity index is 1680. The van der Waals surface area contributed by atoms with Gasteiger partial charge in [0.2, 0.25) is 5.95 Å². The van der Waals surface area contributed by atoms with Crippen molar-refractivity contribution in [1.82, 2.24) is 19.9 Å². The lowest BCUT2D eigenvalue weighted by atomic mass is 9.85. The molecule has 44 heavy (non-hydrogen) atoms. The zero-order valence-corrected chi connectivity index (χ0v) is 26.5. The molecule has 4 aliphatic heterocycles. The minimum atomic E-state index is -0.832. The predicted molar refractivity (Wildman–Crippen MR) is 176 cm³/mol. The van der Waals surface area contributed by atoms with Gasteiger partial charge in [0.15, 0.2) is 0 Å². The molecule has 8 rings (SSSR count). The Balaban J connectivity index is 1.35. The van der Waals surface area contributed by atoms with Gasteiger partial charge in [-0.15, -0.1) is 11.3 Å². The lowest BCUT2D eigenvalue weighted by molar-refractivity contribution is -0.136.